The van der Waals surface area contributed by atoms with E-state index in [9.17, 15) is 0 Å². The maximum absolute atomic E-state index is 4.65. The van der Waals surface area contributed by atoms with Crippen molar-refractivity contribution in [3.05, 3.63) is 22.4 Å². The van der Waals surface area contributed by atoms with Crippen LogP contribution in [0.15, 0.2) is 22.5 Å². The zero-order valence-electron chi connectivity index (χ0n) is 12.0. The molecule has 0 radical (unpaired) electrons. The zero-order chi connectivity index (χ0) is 13.6. The lowest BCUT2D eigenvalue weighted by Gasteiger charge is -2.25. The third kappa shape index (κ3) is 4.53. The van der Waals surface area contributed by atoms with E-state index in [-0.39, 0.29) is 0 Å². The minimum Gasteiger partial charge on any atom is -0.357 e. The molecule has 3 nitrogen and oxygen atoms in total. The van der Waals surface area contributed by atoms with Crippen LogP contribution in [-0.2, 0) is 6.54 Å². The van der Waals surface area contributed by atoms with Gasteiger partial charge >= 0.3 is 0 Å². The monoisotopic (exact) mass is 279 g/mol. The standard InChI is InChI=1S/C15H25N3S/c1-3-16-14(17-11-13-7-6-10-19-13)18-12-15(2)8-4-5-9-15/h6-7,10H,3-5,8-9,11-12H2,1-2H3,(H2,16,17,18). The van der Waals surface area contributed by atoms with E-state index in [4.69, 9.17) is 0 Å². The second-order valence-corrected chi connectivity index (χ2v) is 6.68. The molecule has 1 saturated carbocycles. The third-order valence-electron chi connectivity index (χ3n) is 3.81. The smallest absolute Gasteiger partial charge is 0.191 e. The lowest BCUT2D eigenvalue weighted by atomic mass is 9.89. The lowest BCUT2D eigenvalue weighted by Crippen LogP contribution is -2.42. The molecule has 1 fully saturated rings. The largest absolute Gasteiger partial charge is 0.357 e. The predicted molar refractivity (Wildman–Crippen MR) is 83.7 cm³/mol. The van der Waals surface area contributed by atoms with Crippen LogP contribution in [0.5, 0.6) is 0 Å². The second-order valence-electron chi connectivity index (χ2n) is 5.65. The van der Waals surface area contributed by atoms with Crippen molar-refractivity contribution in [2.75, 3.05) is 13.1 Å². The molecule has 2 rings (SSSR count). The summed E-state index contributed by atoms with van der Waals surface area (Å²) in [7, 11) is 0. The molecular formula is C15H25N3S. The highest BCUT2D eigenvalue weighted by Gasteiger charge is 2.28. The Kier molecular flexibility index (Phi) is 5.25. The molecule has 106 valence electrons. The summed E-state index contributed by atoms with van der Waals surface area (Å²) in [6.07, 6.45) is 5.43. The van der Waals surface area contributed by atoms with Crippen molar-refractivity contribution in [1.82, 2.24) is 10.6 Å². The molecule has 1 aromatic rings. The summed E-state index contributed by atoms with van der Waals surface area (Å²) < 4.78 is 0. The van der Waals surface area contributed by atoms with Crippen molar-refractivity contribution in [3.63, 3.8) is 0 Å². The molecule has 0 aromatic carbocycles. The molecule has 0 aliphatic heterocycles. The van der Waals surface area contributed by atoms with Gasteiger partial charge in [0.2, 0.25) is 0 Å². The number of nitrogens with one attached hydrogen (secondary N) is 2. The van der Waals surface area contributed by atoms with Gasteiger partial charge in [-0.05, 0) is 36.6 Å². The average Bonchev–Trinajstić information content (AvgIpc) is 3.05. The van der Waals surface area contributed by atoms with Crippen LogP contribution in [0.4, 0.5) is 0 Å². The van der Waals surface area contributed by atoms with Crippen LogP contribution in [0, 0.1) is 5.41 Å². The number of thiophene rings is 1. The average molecular weight is 279 g/mol. The SMILES string of the molecule is CCNC(=NCc1cccs1)NCC1(C)CCCC1. The van der Waals surface area contributed by atoms with Gasteiger partial charge in [0, 0.05) is 18.0 Å². The van der Waals surface area contributed by atoms with Crippen molar-refractivity contribution in [2.24, 2.45) is 10.4 Å². The summed E-state index contributed by atoms with van der Waals surface area (Å²) in [5.74, 6) is 0.948. The van der Waals surface area contributed by atoms with E-state index in [1.165, 1.54) is 30.6 Å². The first-order chi connectivity index (χ1) is 9.22. The lowest BCUT2D eigenvalue weighted by molar-refractivity contribution is 0.334. The van der Waals surface area contributed by atoms with Crippen LogP contribution in [-0.4, -0.2) is 19.0 Å². The number of hydrogen-bond acceptors (Lipinski definition) is 2. The van der Waals surface area contributed by atoms with Crippen molar-refractivity contribution in [1.29, 1.82) is 0 Å². The fourth-order valence-electron chi connectivity index (χ4n) is 2.60. The molecule has 0 bridgehead atoms. The fraction of sp³-hybridized carbons (Fsp3) is 0.667. The van der Waals surface area contributed by atoms with Gasteiger partial charge in [0.1, 0.15) is 0 Å². The first-order valence-electron chi connectivity index (χ1n) is 7.26. The highest BCUT2D eigenvalue weighted by atomic mass is 32.1. The molecule has 0 saturated heterocycles. The Morgan fingerprint density at radius 1 is 1.37 bits per heavy atom. The molecule has 4 heteroatoms. The highest BCUT2D eigenvalue weighted by Crippen LogP contribution is 2.36. The van der Waals surface area contributed by atoms with Crippen molar-refractivity contribution in [2.45, 2.75) is 46.1 Å². The van der Waals surface area contributed by atoms with Crippen LogP contribution in [0.25, 0.3) is 0 Å². The number of hydrogen-bond donors (Lipinski definition) is 2. The van der Waals surface area contributed by atoms with Gasteiger partial charge in [-0.1, -0.05) is 25.8 Å². The van der Waals surface area contributed by atoms with Crippen molar-refractivity contribution in [3.8, 4) is 0 Å². The van der Waals surface area contributed by atoms with E-state index in [2.05, 4.69) is 47.0 Å². The Bertz CT molecular complexity index is 392. The Morgan fingerprint density at radius 3 is 2.79 bits per heavy atom. The first kappa shape index (κ1) is 14.4. The molecule has 0 amide bonds. The van der Waals surface area contributed by atoms with Crippen LogP contribution in [0.2, 0.25) is 0 Å². The highest BCUT2D eigenvalue weighted by molar-refractivity contribution is 7.09. The van der Waals surface area contributed by atoms with Gasteiger partial charge in [-0.2, -0.15) is 0 Å². The summed E-state index contributed by atoms with van der Waals surface area (Å²) in [4.78, 5) is 5.96. The Labute approximate surface area is 120 Å². The minimum absolute atomic E-state index is 0.457. The van der Waals surface area contributed by atoms with Crippen LogP contribution in [0.3, 0.4) is 0 Å². The first-order valence-corrected chi connectivity index (χ1v) is 8.14. The van der Waals surface area contributed by atoms with Crippen LogP contribution < -0.4 is 10.6 Å². The van der Waals surface area contributed by atoms with E-state index in [0.717, 1.165) is 25.6 Å². The van der Waals surface area contributed by atoms with Crippen LogP contribution >= 0.6 is 11.3 Å². The van der Waals surface area contributed by atoms with Gasteiger partial charge in [-0.25, -0.2) is 4.99 Å². The molecular weight excluding hydrogens is 254 g/mol. The molecule has 0 atom stereocenters. The van der Waals surface area contributed by atoms with E-state index < -0.39 is 0 Å². The molecule has 19 heavy (non-hydrogen) atoms. The fourth-order valence-corrected chi connectivity index (χ4v) is 3.23. The van der Waals surface area contributed by atoms with E-state index in [1.807, 2.05) is 0 Å². The number of rotatable bonds is 5. The van der Waals surface area contributed by atoms with E-state index in [0.29, 0.717) is 5.41 Å². The summed E-state index contributed by atoms with van der Waals surface area (Å²) in [5.41, 5.74) is 0.457. The van der Waals surface area contributed by atoms with Gasteiger partial charge in [-0.15, -0.1) is 11.3 Å². The molecule has 1 aromatic heterocycles. The second kappa shape index (κ2) is 6.94. The van der Waals surface area contributed by atoms with E-state index in [1.54, 1.807) is 11.3 Å². The molecule has 0 unspecified atom stereocenters. The summed E-state index contributed by atoms with van der Waals surface area (Å²) >= 11 is 1.76. The summed E-state index contributed by atoms with van der Waals surface area (Å²) in [5, 5.41) is 8.94. The quantitative estimate of drug-likeness (QED) is 0.640. The Balaban J connectivity index is 1.86. The Morgan fingerprint density at radius 2 is 2.16 bits per heavy atom. The van der Waals surface area contributed by atoms with E-state index >= 15 is 0 Å². The normalized spacial score (nSPS) is 18.5. The maximum atomic E-state index is 4.65. The molecule has 0 spiro atoms. The van der Waals surface area contributed by atoms with Gasteiger partial charge in [0.05, 0.1) is 6.54 Å². The summed E-state index contributed by atoms with van der Waals surface area (Å²) in [6.45, 7) is 7.20. The van der Waals surface area contributed by atoms with Crippen LogP contribution in [0.1, 0.15) is 44.4 Å². The Hall–Kier alpha value is -1.03. The van der Waals surface area contributed by atoms with Crippen molar-refractivity contribution >= 4 is 17.3 Å². The summed E-state index contributed by atoms with van der Waals surface area (Å²) in [6, 6.07) is 4.21. The van der Waals surface area contributed by atoms with Gasteiger partial charge in [0.25, 0.3) is 0 Å². The zero-order valence-corrected chi connectivity index (χ0v) is 12.9. The number of aliphatic imine (C=N–C) groups is 1. The van der Waals surface area contributed by atoms with Gasteiger partial charge in [-0.3, -0.25) is 0 Å². The molecule has 2 N–H and O–H groups in total. The topological polar surface area (TPSA) is 36.4 Å². The molecule has 1 aliphatic rings. The number of guanidine groups is 1. The maximum Gasteiger partial charge on any atom is 0.191 e. The predicted octanol–water partition coefficient (Wildman–Crippen LogP) is 3.38. The van der Waals surface area contributed by atoms with Crippen molar-refractivity contribution < 1.29 is 0 Å². The van der Waals surface area contributed by atoms with Gasteiger partial charge in [0.15, 0.2) is 5.96 Å². The minimum atomic E-state index is 0.457. The number of nitrogens with zero attached hydrogens (tertiary/aromatic N) is 1. The third-order valence-corrected chi connectivity index (χ3v) is 4.67. The molecule has 1 heterocycles. The molecule has 1 aliphatic carbocycles. The van der Waals surface area contributed by atoms with Gasteiger partial charge < -0.3 is 10.6 Å².